The summed E-state index contributed by atoms with van der Waals surface area (Å²) in [6, 6.07) is 9.57. The summed E-state index contributed by atoms with van der Waals surface area (Å²) in [6.07, 6.45) is 1.57. The number of benzene rings is 1. The third-order valence-electron chi connectivity index (χ3n) is 1.40. The highest BCUT2D eigenvalue weighted by atomic mass is 32.1. The smallest absolute Gasteiger partial charge is 0.0982 e. The molecule has 1 rings (SSSR count). The first-order chi connectivity index (χ1) is 5.70. The van der Waals surface area contributed by atoms with Gasteiger partial charge in [0.15, 0.2) is 0 Å². The molecule has 0 atom stereocenters. The quantitative estimate of drug-likeness (QED) is 0.529. The number of rotatable bonds is 2. The van der Waals surface area contributed by atoms with Crippen LogP contribution < -0.4 is 11.5 Å². The lowest BCUT2D eigenvalue weighted by molar-refractivity contribution is 1.52. The Hall–Kier alpha value is -1.35. The zero-order valence-electron chi connectivity index (χ0n) is 6.53. The van der Waals surface area contributed by atoms with Crippen molar-refractivity contribution in [1.29, 1.82) is 0 Å². The van der Waals surface area contributed by atoms with Crippen molar-refractivity contribution in [2.24, 2.45) is 11.5 Å². The summed E-state index contributed by atoms with van der Waals surface area (Å²) >= 11 is 4.69. The lowest BCUT2D eigenvalue weighted by Crippen LogP contribution is -2.07. The highest BCUT2D eigenvalue weighted by Gasteiger charge is 1.93. The van der Waals surface area contributed by atoms with Gasteiger partial charge >= 0.3 is 0 Å². The predicted octanol–water partition coefficient (Wildman–Crippen LogP) is 1.27. The minimum Gasteiger partial charge on any atom is -0.398 e. The third kappa shape index (κ3) is 2.36. The highest BCUT2D eigenvalue weighted by Crippen LogP contribution is 2.06. The topological polar surface area (TPSA) is 52.0 Å². The van der Waals surface area contributed by atoms with Crippen LogP contribution in [0, 0.1) is 0 Å². The van der Waals surface area contributed by atoms with Crippen molar-refractivity contribution in [3.63, 3.8) is 0 Å². The summed E-state index contributed by atoms with van der Waals surface area (Å²) in [5, 5.41) is 0. The molecule has 0 bridgehead atoms. The van der Waals surface area contributed by atoms with E-state index in [-0.39, 0.29) is 0 Å². The fraction of sp³-hybridized carbons (Fsp3) is 0. The van der Waals surface area contributed by atoms with Gasteiger partial charge in [0.25, 0.3) is 0 Å². The number of hydrogen-bond donors (Lipinski definition) is 2. The second-order valence-electron chi connectivity index (χ2n) is 2.37. The summed E-state index contributed by atoms with van der Waals surface area (Å²) < 4.78 is 0. The average molecular weight is 178 g/mol. The summed E-state index contributed by atoms with van der Waals surface area (Å²) in [4.78, 5) is 0.302. The summed E-state index contributed by atoms with van der Waals surface area (Å²) in [5.74, 6) is 0. The van der Waals surface area contributed by atoms with Crippen molar-refractivity contribution < 1.29 is 0 Å². The van der Waals surface area contributed by atoms with E-state index in [0.29, 0.717) is 10.7 Å². The molecule has 0 saturated heterocycles. The van der Waals surface area contributed by atoms with Gasteiger partial charge in [0.1, 0.15) is 0 Å². The number of thiocarbonyl (C=S) groups is 1. The van der Waals surface area contributed by atoms with Gasteiger partial charge in [0.2, 0.25) is 0 Å². The van der Waals surface area contributed by atoms with Crippen molar-refractivity contribution in [2.45, 2.75) is 0 Å². The van der Waals surface area contributed by atoms with E-state index in [0.717, 1.165) is 5.56 Å². The monoisotopic (exact) mass is 178 g/mol. The van der Waals surface area contributed by atoms with Gasteiger partial charge in [0.05, 0.1) is 4.99 Å². The molecule has 12 heavy (non-hydrogen) atoms. The molecule has 0 saturated carbocycles. The Bertz CT molecular complexity index is 304. The second kappa shape index (κ2) is 3.88. The fourth-order valence-corrected chi connectivity index (χ4v) is 0.994. The summed E-state index contributed by atoms with van der Waals surface area (Å²) in [6.45, 7) is 0. The van der Waals surface area contributed by atoms with Crippen LogP contribution >= 0.6 is 12.2 Å². The Morgan fingerprint density at radius 2 is 1.75 bits per heavy atom. The molecule has 2 nitrogen and oxygen atoms in total. The molecule has 0 aliphatic heterocycles. The van der Waals surface area contributed by atoms with E-state index < -0.39 is 0 Å². The van der Waals surface area contributed by atoms with Crippen LogP contribution in [-0.2, 0) is 0 Å². The van der Waals surface area contributed by atoms with Gasteiger partial charge in [-0.25, -0.2) is 0 Å². The van der Waals surface area contributed by atoms with Crippen LogP contribution in [0.15, 0.2) is 36.4 Å². The molecular weight excluding hydrogens is 168 g/mol. The zero-order valence-corrected chi connectivity index (χ0v) is 7.34. The Kier molecular flexibility index (Phi) is 2.82. The lowest BCUT2D eigenvalue weighted by atomic mass is 10.1. The average Bonchev–Trinajstić information content (AvgIpc) is 2.05. The highest BCUT2D eigenvalue weighted by molar-refractivity contribution is 7.80. The number of nitrogens with two attached hydrogens (primary N) is 2. The van der Waals surface area contributed by atoms with Crippen molar-refractivity contribution in [1.82, 2.24) is 0 Å². The minimum absolute atomic E-state index is 0.302. The Labute approximate surface area is 76.9 Å². The molecule has 0 amide bonds. The molecule has 0 aliphatic rings. The maximum Gasteiger partial charge on any atom is 0.0982 e. The van der Waals surface area contributed by atoms with E-state index in [1.165, 1.54) is 0 Å². The van der Waals surface area contributed by atoms with Gasteiger partial charge in [-0.05, 0) is 11.6 Å². The summed E-state index contributed by atoms with van der Waals surface area (Å²) in [5.41, 5.74) is 12.5. The first-order valence-electron chi connectivity index (χ1n) is 3.52. The maximum atomic E-state index is 5.69. The molecule has 0 spiro atoms. The van der Waals surface area contributed by atoms with Gasteiger partial charge in [0, 0.05) is 5.70 Å². The first kappa shape index (κ1) is 8.74. The zero-order chi connectivity index (χ0) is 8.97. The van der Waals surface area contributed by atoms with Gasteiger partial charge in [-0.1, -0.05) is 42.5 Å². The molecule has 1 aromatic rings. The number of hydrogen-bond acceptors (Lipinski definition) is 2. The standard InChI is InChI=1S/C9H10N2S/c10-8(6-9(11)12)7-4-2-1-3-5-7/h1-6H,10H2,(H2,11,12)/b8-6-. The molecule has 0 heterocycles. The van der Waals surface area contributed by atoms with Crippen LogP contribution in [0.25, 0.3) is 5.70 Å². The molecule has 0 fully saturated rings. The maximum absolute atomic E-state index is 5.69. The molecule has 0 aromatic heterocycles. The van der Waals surface area contributed by atoms with Crippen molar-refractivity contribution in [3.8, 4) is 0 Å². The largest absolute Gasteiger partial charge is 0.398 e. The van der Waals surface area contributed by atoms with Gasteiger partial charge in [-0.15, -0.1) is 0 Å². The van der Waals surface area contributed by atoms with E-state index in [4.69, 9.17) is 23.7 Å². The molecule has 0 aliphatic carbocycles. The van der Waals surface area contributed by atoms with Crippen LogP contribution in [0.1, 0.15) is 5.56 Å². The van der Waals surface area contributed by atoms with Crippen molar-refractivity contribution in [3.05, 3.63) is 42.0 Å². The van der Waals surface area contributed by atoms with E-state index in [1.807, 2.05) is 30.3 Å². The summed E-state index contributed by atoms with van der Waals surface area (Å²) in [7, 11) is 0. The van der Waals surface area contributed by atoms with Crippen molar-refractivity contribution >= 4 is 22.9 Å². The molecule has 4 N–H and O–H groups in total. The molecule has 0 unspecified atom stereocenters. The molecule has 62 valence electrons. The SMILES string of the molecule is NC(=S)/C=C(\N)c1ccccc1. The lowest BCUT2D eigenvalue weighted by Gasteiger charge is -1.99. The van der Waals surface area contributed by atoms with Crippen LogP contribution in [0.3, 0.4) is 0 Å². The molecule has 0 radical (unpaired) electrons. The van der Waals surface area contributed by atoms with Crippen molar-refractivity contribution in [2.75, 3.05) is 0 Å². The molecular formula is C9H10N2S. The van der Waals surface area contributed by atoms with E-state index in [9.17, 15) is 0 Å². The third-order valence-corrected chi connectivity index (χ3v) is 1.52. The Balaban J connectivity index is 2.93. The Morgan fingerprint density at radius 1 is 1.17 bits per heavy atom. The first-order valence-corrected chi connectivity index (χ1v) is 3.93. The van der Waals surface area contributed by atoms with E-state index in [2.05, 4.69) is 0 Å². The molecule has 3 heteroatoms. The van der Waals surface area contributed by atoms with Crippen LogP contribution in [-0.4, -0.2) is 4.99 Å². The van der Waals surface area contributed by atoms with Gasteiger partial charge < -0.3 is 11.5 Å². The van der Waals surface area contributed by atoms with Gasteiger partial charge in [-0.2, -0.15) is 0 Å². The normalized spacial score (nSPS) is 11.2. The minimum atomic E-state index is 0.302. The second-order valence-corrected chi connectivity index (χ2v) is 2.84. The van der Waals surface area contributed by atoms with E-state index in [1.54, 1.807) is 6.08 Å². The van der Waals surface area contributed by atoms with Crippen LogP contribution in [0.5, 0.6) is 0 Å². The molecule has 1 aromatic carbocycles. The Morgan fingerprint density at radius 3 is 2.25 bits per heavy atom. The van der Waals surface area contributed by atoms with Crippen LogP contribution in [0.2, 0.25) is 0 Å². The van der Waals surface area contributed by atoms with Crippen LogP contribution in [0.4, 0.5) is 0 Å². The van der Waals surface area contributed by atoms with Gasteiger partial charge in [-0.3, -0.25) is 0 Å². The fourth-order valence-electron chi connectivity index (χ4n) is 0.867. The predicted molar refractivity (Wildman–Crippen MR) is 55.4 cm³/mol. The van der Waals surface area contributed by atoms with E-state index >= 15 is 0 Å².